The number of hydrogen-bond donors (Lipinski definition) is 0. The molecule has 6 nitrogen and oxygen atoms in total. The van der Waals surface area contributed by atoms with E-state index in [1.54, 1.807) is 0 Å². The van der Waals surface area contributed by atoms with Crippen LogP contribution in [0.3, 0.4) is 0 Å². The molecule has 0 spiro atoms. The van der Waals surface area contributed by atoms with E-state index in [-0.39, 0.29) is 0 Å². The second-order valence-corrected chi connectivity index (χ2v) is 6.81. The van der Waals surface area contributed by atoms with Crippen LogP contribution in [0.15, 0.2) is 39.5 Å². The summed E-state index contributed by atoms with van der Waals surface area (Å²) >= 11 is 3.59. The first-order valence-electron chi connectivity index (χ1n) is 8.00. The highest BCUT2D eigenvalue weighted by Crippen LogP contribution is 2.30. The number of piperazine rings is 1. The fraction of sp³-hybridized carbons (Fsp3) is 0.353. The van der Waals surface area contributed by atoms with E-state index in [1.807, 2.05) is 19.2 Å². The maximum Gasteiger partial charge on any atom is 0.223 e. The van der Waals surface area contributed by atoms with Gasteiger partial charge in [-0.2, -0.15) is 4.98 Å². The molecule has 0 amide bonds. The van der Waals surface area contributed by atoms with Crippen molar-refractivity contribution in [2.45, 2.75) is 13.5 Å². The Morgan fingerprint density at radius 1 is 1.17 bits per heavy atom. The molecule has 7 heteroatoms. The first kappa shape index (κ1) is 15.5. The van der Waals surface area contributed by atoms with E-state index in [2.05, 4.69) is 59.1 Å². The van der Waals surface area contributed by atoms with Crippen LogP contribution in [0.1, 0.15) is 11.7 Å². The van der Waals surface area contributed by atoms with E-state index in [0.717, 1.165) is 48.5 Å². The Morgan fingerprint density at radius 2 is 2.00 bits per heavy atom. The summed E-state index contributed by atoms with van der Waals surface area (Å²) in [7, 11) is 0. The van der Waals surface area contributed by atoms with Gasteiger partial charge in [0, 0.05) is 54.8 Å². The lowest BCUT2D eigenvalue weighted by molar-refractivity contribution is 0.240. The summed E-state index contributed by atoms with van der Waals surface area (Å²) in [6.07, 6.45) is 1.89. The van der Waals surface area contributed by atoms with Gasteiger partial charge in [0.15, 0.2) is 5.82 Å². The molecule has 2 aromatic heterocycles. The predicted octanol–water partition coefficient (Wildman–Crippen LogP) is 3.01. The minimum absolute atomic E-state index is 0.623. The largest absolute Gasteiger partial charge is 0.368 e. The Labute approximate surface area is 148 Å². The molecule has 0 unspecified atom stereocenters. The van der Waals surface area contributed by atoms with Crippen molar-refractivity contribution in [1.29, 1.82) is 0 Å². The molecular weight excluding hydrogens is 370 g/mol. The van der Waals surface area contributed by atoms with Crippen LogP contribution in [0.5, 0.6) is 0 Å². The Bertz CT molecular complexity index is 857. The Kier molecular flexibility index (Phi) is 4.20. The predicted molar refractivity (Wildman–Crippen MR) is 96.0 cm³/mol. The summed E-state index contributed by atoms with van der Waals surface area (Å²) in [5.41, 5.74) is 2.26. The summed E-state index contributed by atoms with van der Waals surface area (Å²) in [5.74, 6) is 1.39. The van der Waals surface area contributed by atoms with Crippen molar-refractivity contribution >= 4 is 32.5 Å². The van der Waals surface area contributed by atoms with Crippen molar-refractivity contribution in [2.75, 3.05) is 31.1 Å². The van der Waals surface area contributed by atoms with Gasteiger partial charge in [0.25, 0.3) is 0 Å². The minimum Gasteiger partial charge on any atom is -0.368 e. The normalized spacial score (nSPS) is 16.0. The maximum atomic E-state index is 5.05. The zero-order valence-corrected chi connectivity index (χ0v) is 15.0. The van der Waals surface area contributed by atoms with Gasteiger partial charge in [0.1, 0.15) is 0 Å². The van der Waals surface area contributed by atoms with E-state index in [1.165, 1.54) is 11.1 Å². The van der Waals surface area contributed by atoms with Gasteiger partial charge in [-0.05, 0) is 28.1 Å². The second-order valence-electron chi connectivity index (χ2n) is 5.96. The molecule has 0 radical (unpaired) electrons. The molecule has 3 aromatic rings. The van der Waals surface area contributed by atoms with Gasteiger partial charge in [-0.25, -0.2) is 0 Å². The number of aryl methyl sites for hydroxylation is 1. The molecule has 0 bridgehead atoms. The Balaban J connectivity index is 1.49. The first-order chi connectivity index (χ1) is 11.7. The monoisotopic (exact) mass is 387 g/mol. The van der Waals surface area contributed by atoms with Crippen molar-refractivity contribution in [2.24, 2.45) is 0 Å². The quantitative estimate of drug-likeness (QED) is 0.688. The first-order valence-corrected chi connectivity index (χ1v) is 8.80. The Morgan fingerprint density at radius 3 is 2.75 bits per heavy atom. The summed E-state index contributed by atoms with van der Waals surface area (Å²) in [6, 6.07) is 8.33. The number of para-hydroxylation sites is 1. The summed E-state index contributed by atoms with van der Waals surface area (Å²) in [5, 5.41) is 5.17. The van der Waals surface area contributed by atoms with E-state index in [4.69, 9.17) is 4.52 Å². The van der Waals surface area contributed by atoms with Crippen molar-refractivity contribution in [3.05, 3.63) is 46.7 Å². The number of nitrogens with zero attached hydrogens (tertiary/aromatic N) is 5. The molecule has 1 aromatic carbocycles. The SMILES string of the molecule is Cc1nc(CN2CCN(c3ccnc4c(Br)cccc34)CC2)no1. The molecule has 4 rings (SSSR count). The number of rotatable bonds is 3. The van der Waals surface area contributed by atoms with Crippen LogP contribution in [-0.2, 0) is 6.54 Å². The van der Waals surface area contributed by atoms with Gasteiger partial charge < -0.3 is 9.42 Å². The smallest absolute Gasteiger partial charge is 0.223 e. The fourth-order valence-electron chi connectivity index (χ4n) is 3.15. The third-order valence-electron chi connectivity index (χ3n) is 4.35. The average Bonchev–Trinajstić information content (AvgIpc) is 3.01. The lowest BCUT2D eigenvalue weighted by Crippen LogP contribution is -2.46. The van der Waals surface area contributed by atoms with Crippen LogP contribution in [0.4, 0.5) is 5.69 Å². The number of aromatic nitrogens is 3. The highest BCUT2D eigenvalue weighted by Gasteiger charge is 2.20. The Hall–Kier alpha value is -1.99. The van der Waals surface area contributed by atoms with Crippen molar-refractivity contribution < 1.29 is 4.52 Å². The average molecular weight is 388 g/mol. The summed E-state index contributed by atoms with van der Waals surface area (Å²) < 4.78 is 6.08. The molecule has 0 atom stereocenters. The lowest BCUT2D eigenvalue weighted by Gasteiger charge is -2.36. The van der Waals surface area contributed by atoms with Crippen molar-refractivity contribution in [3.63, 3.8) is 0 Å². The zero-order chi connectivity index (χ0) is 16.5. The molecule has 3 heterocycles. The zero-order valence-electron chi connectivity index (χ0n) is 13.4. The molecule has 1 saturated heterocycles. The van der Waals surface area contributed by atoms with Crippen LogP contribution < -0.4 is 4.90 Å². The summed E-state index contributed by atoms with van der Waals surface area (Å²) in [6.45, 7) is 6.47. The van der Waals surface area contributed by atoms with Gasteiger partial charge in [0.05, 0.1) is 12.1 Å². The van der Waals surface area contributed by atoms with Crippen molar-refractivity contribution in [3.8, 4) is 0 Å². The van der Waals surface area contributed by atoms with E-state index >= 15 is 0 Å². The van der Waals surface area contributed by atoms with Gasteiger partial charge in [-0.15, -0.1) is 0 Å². The van der Waals surface area contributed by atoms with Crippen molar-refractivity contribution in [1.82, 2.24) is 20.0 Å². The standard InChI is InChI=1S/C17H18BrN5O/c1-12-20-16(21-24-12)11-22-7-9-23(10-8-22)15-5-6-19-17-13(15)3-2-4-14(17)18/h2-6H,7-11H2,1H3. The molecule has 1 aliphatic heterocycles. The van der Waals surface area contributed by atoms with Crippen LogP contribution in [0.25, 0.3) is 10.9 Å². The number of halogens is 1. The topological polar surface area (TPSA) is 58.3 Å². The fourth-order valence-corrected chi connectivity index (χ4v) is 3.62. The highest BCUT2D eigenvalue weighted by atomic mass is 79.9. The molecular formula is C17H18BrN5O. The molecule has 1 aliphatic rings. The third-order valence-corrected chi connectivity index (χ3v) is 4.99. The number of anilines is 1. The van der Waals surface area contributed by atoms with Gasteiger partial charge >= 0.3 is 0 Å². The number of benzene rings is 1. The maximum absolute atomic E-state index is 5.05. The van der Waals surface area contributed by atoms with E-state index < -0.39 is 0 Å². The molecule has 124 valence electrons. The van der Waals surface area contributed by atoms with Crippen LogP contribution in [0.2, 0.25) is 0 Å². The minimum atomic E-state index is 0.623. The third kappa shape index (κ3) is 3.01. The number of fused-ring (bicyclic) bond motifs is 1. The molecule has 24 heavy (non-hydrogen) atoms. The molecule has 1 fully saturated rings. The van der Waals surface area contributed by atoms with E-state index in [9.17, 15) is 0 Å². The van der Waals surface area contributed by atoms with Gasteiger partial charge in [-0.1, -0.05) is 17.3 Å². The van der Waals surface area contributed by atoms with E-state index in [0.29, 0.717) is 5.89 Å². The second kappa shape index (κ2) is 6.49. The van der Waals surface area contributed by atoms with Crippen LogP contribution in [-0.4, -0.2) is 46.2 Å². The highest BCUT2D eigenvalue weighted by molar-refractivity contribution is 9.10. The van der Waals surface area contributed by atoms with Gasteiger partial charge in [0.2, 0.25) is 5.89 Å². The molecule has 0 saturated carbocycles. The number of hydrogen-bond acceptors (Lipinski definition) is 6. The molecule has 0 N–H and O–H groups in total. The van der Waals surface area contributed by atoms with Crippen LogP contribution in [0, 0.1) is 6.92 Å². The number of pyridine rings is 1. The van der Waals surface area contributed by atoms with Crippen LogP contribution >= 0.6 is 15.9 Å². The molecule has 0 aliphatic carbocycles. The van der Waals surface area contributed by atoms with Gasteiger partial charge in [-0.3, -0.25) is 9.88 Å². The lowest BCUT2D eigenvalue weighted by atomic mass is 10.1. The summed E-state index contributed by atoms with van der Waals surface area (Å²) in [4.78, 5) is 13.6.